The second-order valence-electron chi connectivity index (χ2n) is 6.91. The minimum atomic E-state index is 0.282. The average Bonchev–Trinajstić information content (AvgIpc) is 2.67. The lowest BCUT2D eigenvalue weighted by Gasteiger charge is -2.32. The molecule has 0 bridgehead atoms. The van der Waals surface area contributed by atoms with Crippen LogP contribution in [0.1, 0.15) is 58.9 Å². The van der Waals surface area contributed by atoms with E-state index in [4.69, 9.17) is 4.74 Å². The van der Waals surface area contributed by atoms with Gasteiger partial charge in [0.1, 0.15) is 11.9 Å². The average molecular weight is 275 g/mol. The van der Waals surface area contributed by atoms with Crippen molar-refractivity contribution in [2.45, 2.75) is 65.5 Å². The summed E-state index contributed by atoms with van der Waals surface area (Å²) in [4.78, 5) is 0. The van der Waals surface area contributed by atoms with Gasteiger partial charge in [0, 0.05) is 6.04 Å². The van der Waals surface area contributed by atoms with Crippen molar-refractivity contribution >= 4 is 0 Å². The molecule has 0 aliphatic heterocycles. The zero-order valence-corrected chi connectivity index (χ0v) is 13.6. The summed E-state index contributed by atoms with van der Waals surface area (Å²) < 4.78 is 6.41. The molecule has 1 aromatic rings. The first-order valence-corrected chi connectivity index (χ1v) is 7.94. The van der Waals surface area contributed by atoms with Crippen LogP contribution in [0.5, 0.6) is 5.75 Å². The molecule has 2 heteroatoms. The maximum atomic E-state index is 6.41. The summed E-state index contributed by atoms with van der Waals surface area (Å²) in [5, 5.41) is 3.63. The minimum Gasteiger partial charge on any atom is -0.488 e. The Morgan fingerprint density at radius 1 is 1.30 bits per heavy atom. The van der Waals surface area contributed by atoms with Gasteiger partial charge in [-0.15, -0.1) is 0 Å². The number of likely N-dealkylation sites (N-methyl/N-ethyl adjacent to an activating group) is 1. The molecule has 2 unspecified atom stereocenters. The van der Waals surface area contributed by atoms with E-state index in [-0.39, 0.29) is 6.10 Å². The molecule has 1 aromatic carbocycles. The molecule has 0 radical (unpaired) electrons. The second-order valence-corrected chi connectivity index (χ2v) is 6.91. The molecule has 2 atom stereocenters. The molecular formula is C18H29NO. The highest BCUT2D eigenvalue weighted by atomic mass is 16.5. The Morgan fingerprint density at radius 2 is 2.00 bits per heavy atom. The Labute approximate surface area is 123 Å². The van der Waals surface area contributed by atoms with Crippen LogP contribution in [-0.2, 0) is 0 Å². The molecule has 0 spiro atoms. The third-order valence-corrected chi connectivity index (χ3v) is 4.53. The molecule has 0 amide bonds. The fraction of sp³-hybridized carbons (Fsp3) is 0.667. The van der Waals surface area contributed by atoms with Gasteiger partial charge >= 0.3 is 0 Å². The summed E-state index contributed by atoms with van der Waals surface area (Å²) >= 11 is 0. The normalized spacial score (nSPS) is 25.1. The Hall–Kier alpha value is -1.02. The van der Waals surface area contributed by atoms with Crippen LogP contribution >= 0.6 is 0 Å². The van der Waals surface area contributed by atoms with Crippen molar-refractivity contribution in [2.75, 3.05) is 6.54 Å². The van der Waals surface area contributed by atoms with Crippen molar-refractivity contribution in [3.63, 3.8) is 0 Å². The molecule has 0 saturated heterocycles. The Balaban J connectivity index is 2.17. The van der Waals surface area contributed by atoms with Crippen LogP contribution in [0.4, 0.5) is 0 Å². The number of nitrogens with one attached hydrogen (secondary N) is 1. The van der Waals surface area contributed by atoms with Gasteiger partial charge in [-0.2, -0.15) is 0 Å². The van der Waals surface area contributed by atoms with E-state index in [9.17, 15) is 0 Å². The summed E-state index contributed by atoms with van der Waals surface area (Å²) in [5.41, 5.74) is 1.63. The smallest absolute Gasteiger partial charge is 0.123 e. The molecule has 1 fully saturated rings. The van der Waals surface area contributed by atoms with Crippen molar-refractivity contribution in [3.05, 3.63) is 29.8 Å². The predicted molar refractivity (Wildman–Crippen MR) is 85.4 cm³/mol. The van der Waals surface area contributed by atoms with Crippen molar-refractivity contribution in [3.8, 4) is 5.75 Å². The summed E-state index contributed by atoms with van der Waals surface area (Å²) in [5.74, 6) is 1.56. The van der Waals surface area contributed by atoms with E-state index in [1.165, 1.54) is 12.0 Å². The van der Waals surface area contributed by atoms with Gasteiger partial charge in [-0.25, -0.2) is 0 Å². The highest BCUT2D eigenvalue weighted by Crippen LogP contribution is 2.40. The van der Waals surface area contributed by atoms with Gasteiger partial charge in [-0.3, -0.25) is 0 Å². The highest BCUT2D eigenvalue weighted by molar-refractivity contribution is 5.36. The zero-order valence-electron chi connectivity index (χ0n) is 13.6. The first kappa shape index (κ1) is 15.4. The van der Waals surface area contributed by atoms with Crippen molar-refractivity contribution in [1.82, 2.24) is 5.32 Å². The van der Waals surface area contributed by atoms with Gasteiger partial charge in [0.15, 0.2) is 0 Å². The van der Waals surface area contributed by atoms with E-state index < -0.39 is 0 Å². The van der Waals surface area contributed by atoms with Crippen molar-refractivity contribution < 1.29 is 4.74 Å². The number of hydrogen-bond donors (Lipinski definition) is 1. The van der Waals surface area contributed by atoms with E-state index >= 15 is 0 Å². The van der Waals surface area contributed by atoms with E-state index in [0.717, 1.165) is 18.7 Å². The molecule has 2 rings (SSSR count). The quantitative estimate of drug-likeness (QED) is 0.862. The third-order valence-electron chi connectivity index (χ3n) is 4.53. The SMILES string of the molecule is CCNC1C(Oc2ccccc2C(C)C)CCC1(C)C. The molecule has 1 N–H and O–H groups in total. The third kappa shape index (κ3) is 3.17. The largest absolute Gasteiger partial charge is 0.488 e. The molecule has 1 saturated carbocycles. The number of benzene rings is 1. The highest BCUT2D eigenvalue weighted by Gasteiger charge is 2.42. The molecule has 112 valence electrons. The fourth-order valence-electron chi connectivity index (χ4n) is 3.32. The van der Waals surface area contributed by atoms with Crippen LogP contribution in [-0.4, -0.2) is 18.7 Å². The lowest BCUT2D eigenvalue weighted by Crippen LogP contribution is -2.46. The summed E-state index contributed by atoms with van der Waals surface area (Å²) in [6, 6.07) is 8.91. The molecule has 1 aliphatic rings. The maximum Gasteiger partial charge on any atom is 0.123 e. The van der Waals surface area contributed by atoms with Crippen molar-refractivity contribution in [2.24, 2.45) is 5.41 Å². The van der Waals surface area contributed by atoms with Crippen LogP contribution in [0, 0.1) is 5.41 Å². The van der Waals surface area contributed by atoms with Crippen LogP contribution in [0.2, 0.25) is 0 Å². The van der Waals surface area contributed by atoms with Gasteiger partial charge in [-0.05, 0) is 42.3 Å². The number of ether oxygens (including phenoxy) is 1. The molecular weight excluding hydrogens is 246 g/mol. The number of para-hydroxylation sites is 1. The molecule has 0 heterocycles. The summed E-state index contributed by atoms with van der Waals surface area (Å²) in [6.07, 6.45) is 2.64. The van der Waals surface area contributed by atoms with Gasteiger partial charge in [0.25, 0.3) is 0 Å². The summed E-state index contributed by atoms with van der Waals surface area (Å²) in [7, 11) is 0. The zero-order chi connectivity index (χ0) is 14.8. The van der Waals surface area contributed by atoms with Gasteiger partial charge in [-0.1, -0.05) is 52.8 Å². The lowest BCUT2D eigenvalue weighted by molar-refractivity contribution is 0.140. The molecule has 2 nitrogen and oxygen atoms in total. The van der Waals surface area contributed by atoms with E-state index in [2.05, 4.69) is 64.2 Å². The van der Waals surface area contributed by atoms with Gasteiger partial charge in [0.2, 0.25) is 0 Å². The first-order valence-electron chi connectivity index (χ1n) is 7.94. The number of hydrogen-bond acceptors (Lipinski definition) is 2. The standard InChI is InChI=1S/C18H29NO/c1-6-19-17-16(11-12-18(17,4)5)20-15-10-8-7-9-14(15)13(2)3/h7-10,13,16-17,19H,6,11-12H2,1-5H3. The topological polar surface area (TPSA) is 21.3 Å². The van der Waals surface area contributed by atoms with Crippen molar-refractivity contribution in [1.29, 1.82) is 0 Å². The van der Waals surface area contributed by atoms with Gasteiger partial charge < -0.3 is 10.1 Å². The monoisotopic (exact) mass is 275 g/mol. The maximum absolute atomic E-state index is 6.41. The number of rotatable bonds is 5. The van der Waals surface area contributed by atoms with E-state index in [1.807, 2.05) is 0 Å². The Morgan fingerprint density at radius 3 is 2.65 bits per heavy atom. The molecule has 1 aliphatic carbocycles. The minimum absolute atomic E-state index is 0.282. The lowest BCUT2D eigenvalue weighted by atomic mass is 9.87. The van der Waals surface area contributed by atoms with Crippen LogP contribution in [0.3, 0.4) is 0 Å². The summed E-state index contributed by atoms with van der Waals surface area (Å²) in [6.45, 7) is 12.3. The van der Waals surface area contributed by atoms with E-state index in [1.54, 1.807) is 0 Å². The van der Waals surface area contributed by atoms with Crippen LogP contribution in [0.15, 0.2) is 24.3 Å². The Bertz CT molecular complexity index is 439. The molecule has 0 aromatic heterocycles. The molecule has 20 heavy (non-hydrogen) atoms. The van der Waals surface area contributed by atoms with Crippen LogP contribution in [0.25, 0.3) is 0 Å². The second kappa shape index (κ2) is 6.17. The van der Waals surface area contributed by atoms with E-state index in [0.29, 0.717) is 17.4 Å². The predicted octanol–water partition coefficient (Wildman–Crippen LogP) is 4.36. The first-order chi connectivity index (χ1) is 9.45. The fourth-order valence-corrected chi connectivity index (χ4v) is 3.32. The Kier molecular flexibility index (Phi) is 4.74. The van der Waals surface area contributed by atoms with Crippen LogP contribution < -0.4 is 10.1 Å². The van der Waals surface area contributed by atoms with Gasteiger partial charge in [0.05, 0.1) is 0 Å².